The molecular formula is C15H21ClN2O3. The molecule has 0 spiro atoms. The highest BCUT2D eigenvalue weighted by Crippen LogP contribution is 2.25. The molecular weight excluding hydrogens is 292 g/mol. The summed E-state index contributed by atoms with van der Waals surface area (Å²) in [5.41, 5.74) is 1.43. The van der Waals surface area contributed by atoms with E-state index in [-0.39, 0.29) is 12.0 Å². The standard InChI is InChI=1S/C15H21ClN2O3/c1-5-21-14(19)10(3)11(4)17-15(20)18-13-9(2)7-6-8-12(13)16/h6-8,10-11H,5H2,1-4H3,(H2,17,18,20)/t10-,11+/m0/s1. The van der Waals surface area contributed by atoms with Gasteiger partial charge in [-0.2, -0.15) is 0 Å². The van der Waals surface area contributed by atoms with Crippen molar-refractivity contribution in [3.05, 3.63) is 28.8 Å². The summed E-state index contributed by atoms with van der Waals surface area (Å²) in [4.78, 5) is 23.6. The Balaban J connectivity index is 2.63. The van der Waals surface area contributed by atoms with E-state index in [0.717, 1.165) is 5.56 Å². The fourth-order valence-corrected chi connectivity index (χ4v) is 2.02. The van der Waals surface area contributed by atoms with E-state index >= 15 is 0 Å². The Morgan fingerprint density at radius 1 is 1.33 bits per heavy atom. The molecule has 0 bridgehead atoms. The van der Waals surface area contributed by atoms with Crippen molar-refractivity contribution in [3.63, 3.8) is 0 Å². The van der Waals surface area contributed by atoms with Crippen molar-refractivity contribution in [2.24, 2.45) is 5.92 Å². The summed E-state index contributed by atoms with van der Waals surface area (Å²) in [6.45, 7) is 7.38. The van der Waals surface area contributed by atoms with Gasteiger partial charge in [0.25, 0.3) is 0 Å². The van der Waals surface area contributed by atoms with E-state index in [4.69, 9.17) is 16.3 Å². The second kappa shape index (κ2) is 7.88. The molecule has 21 heavy (non-hydrogen) atoms. The maximum Gasteiger partial charge on any atom is 0.319 e. The van der Waals surface area contributed by atoms with Crippen LogP contribution in [0.25, 0.3) is 0 Å². The predicted molar refractivity (Wildman–Crippen MR) is 83.6 cm³/mol. The molecule has 0 saturated carbocycles. The molecule has 0 aliphatic carbocycles. The van der Waals surface area contributed by atoms with Crippen molar-refractivity contribution in [3.8, 4) is 0 Å². The third-order valence-electron chi connectivity index (χ3n) is 3.23. The molecule has 0 heterocycles. The van der Waals surface area contributed by atoms with Crippen LogP contribution in [0, 0.1) is 12.8 Å². The molecule has 1 aromatic rings. The second-order valence-corrected chi connectivity index (χ2v) is 5.27. The van der Waals surface area contributed by atoms with E-state index in [1.807, 2.05) is 19.1 Å². The number of carbonyl (C=O) groups excluding carboxylic acids is 2. The van der Waals surface area contributed by atoms with E-state index < -0.39 is 11.9 Å². The SMILES string of the molecule is CCOC(=O)[C@@H](C)[C@@H](C)NC(=O)Nc1c(C)cccc1Cl. The molecule has 0 aliphatic rings. The van der Waals surface area contributed by atoms with Gasteiger partial charge >= 0.3 is 12.0 Å². The molecule has 0 aromatic heterocycles. The maximum absolute atomic E-state index is 12.0. The Hall–Kier alpha value is -1.75. The first-order chi connectivity index (χ1) is 9.86. The highest BCUT2D eigenvalue weighted by Gasteiger charge is 2.23. The average Bonchev–Trinajstić information content (AvgIpc) is 2.42. The van der Waals surface area contributed by atoms with Crippen LogP contribution in [0.4, 0.5) is 10.5 Å². The fraction of sp³-hybridized carbons (Fsp3) is 0.467. The lowest BCUT2D eigenvalue weighted by atomic mass is 10.0. The summed E-state index contributed by atoms with van der Waals surface area (Å²) >= 11 is 6.05. The molecule has 116 valence electrons. The fourth-order valence-electron chi connectivity index (χ4n) is 1.75. The number of rotatable bonds is 5. The normalized spacial score (nSPS) is 13.2. The molecule has 5 nitrogen and oxygen atoms in total. The van der Waals surface area contributed by atoms with E-state index in [9.17, 15) is 9.59 Å². The lowest BCUT2D eigenvalue weighted by Gasteiger charge is -2.20. The number of aryl methyl sites for hydroxylation is 1. The number of amides is 2. The zero-order chi connectivity index (χ0) is 16.0. The van der Waals surface area contributed by atoms with Gasteiger partial charge in [0.1, 0.15) is 0 Å². The zero-order valence-electron chi connectivity index (χ0n) is 12.7. The second-order valence-electron chi connectivity index (χ2n) is 4.86. The quantitative estimate of drug-likeness (QED) is 0.819. The maximum atomic E-state index is 12.0. The van der Waals surface area contributed by atoms with Crippen molar-refractivity contribution in [1.29, 1.82) is 0 Å². The van der Waals surface area contributed by atoms with Gasteiger partial charge in [0.15, 0.2) is 0 Å². The zero-order valence-corrected chi connectivity index (χ0v) is 13.5. The number of para-hydroxylation sites is 1. The predicted octanol–water partition coefficient (Wildman–Crippen LogP) is 3.36. The molecule has 2 atom stereocenters. The van der Waals surface area contributed by atoms with Crippen LogP contribution >= 0.6 is 11.6 Å². The van der Waals surface area contributed by atoms with Crippen LogP contribution in [0.2, 0.25) is 5.02 Å². The van der Waals surface area contributed by atoms with Crippen molar-refractivity contribution in [2.75, 3.05) is 11.9 Å². The molecule has 0 saturated heterocycles. The van der Waals surface area contributed by atoms with Gasteiger partial charge in [-0.1, -0.05) is 23.7 Å². The summed E-state index contributed by atoms with van der Waals surface area (Å²) in [7, 11) is 0. The number of nitrogens with one attached hydrogen (secondary N) is 2. The van der Waals surface area contributed by atoms with Crippen molar-refractivity contribution >= 4 is 29.3 Å². The topological polar surface area (TPSA) is 67.4 Å². The first kappa shape index (κ1) is 17.3. The number of ether oxygens (including phenoxy) is 1. The third-order valence-corrected chi connectivity index (χ3v) is 3.54. The number of benzene rings is 1. The van der Waals surface area contributed by atoms with Gasteiger partial charge in [-0.15, -0.1) is 0 Å². The summed E-state index contributed by atoms with van der Waals surface area (Å²) in [6.07, 6.45) is 0. The summed E-state index contributed by atoms with van der Waals surface area (Å²) < 4.78 is 4.93. The highest BCUT2D eigenvalue weighted by molar-refractivity contribution is 6.33. The van der Waals surface area contributed by atoms with Gasteiger partial charge in [-0.05, 0) is 39.3 Å². The van der Waals surface area contributed by atoms with E-state index in [2.05, 4.69) is 10.6 Å². The minimum atomic E-state index is -0.428. The summed E-state index contributed by atoms with van der Waals surface area (Å²) in [5.74, 6) is -0.762. The number of hydrogen-bond acceptors (Lipinski definition) is 3. The Kier molecular flexibility index (Phi) is 6.49. The summed E-state index contributed by atoms with van der Waals surface area (Å²) in [6, 6.07) is 4.61. The third kappa shape index (κ3) is 4.93. The first-order valence-corrected chi connectivity index (χ1v) is 7.23. The van der Waals surface area contributed by atoms with E-state index in [1.165, 1.54) is 0 Å². The highest BCUT2D eigenvalue weighted by atomic mass is 35.5. The monoisotopic (exact) mass is 312 g/mol. The van der Waals surface area contributed by atoms with Crippen LogP contribution in [-0.2, 0) is 9.53 Å². The number of carbonyl (C=O) groups is 2. The molecule has 2 amide bonds. The number of esters is 1. The van der Waals surface area contributed by atoms with E-state index in [1.54, 1.807) is 26.8 Å². The number of halogens is 1. The van der Waals surface area contributed by atoms with Crippen LogP contribution in [0.5, 0.6) is 0 Å². The smallest absolute Gasteiger partial charge is 0.319 e. The first-order valence-electron chi connectivity index (χ1n) is 6.86. The lowest BCUT2D eigenvalue weighted by Crippen LogP contribution is -2.42. The van der Waals surface area contributed by atoms with E-state index in [0.29, 0.717) is 17.3 Å². The van der Waals surface area contributed by atoms with Crippen LogP contribution in [-0.4, -0.2) is 24.6 Å². The average molecular weight is 313 g/mol. The molecule has 0 unspecified atom stereocenters. The molecule has 1 rings (SSSR count). The number of urea groups is 1. The Bertz CT molecular complexity index is 499. The lowest BCUT2D eigenvalue weighted by molar-refractivity contribution is -0.148. The largest absolute Gasteiger partial charge is 0.466 e. The van der Waals surface area contributed by atoms with Crippen molar-refractivity contribution in [2.45, 2.75) is 33.7 Å². The van der Waals surface area contributed by atoms with Gasteiger partial charge in [0.05, 0.1) is 23.2 Å². The molecule has 6 heteroatoms. The minimum absolute atomic E-state index is 0.320. The van der Waals surface area contributed by atoms with Crippen LogP contribution in [0.15, 0.2) is 18.2 Å². The Labute approximate surface area is 130 Å². The number of hydrogen-bond donors (Lipinski definition) is 2. The Morgan fingerprint density at radius 3 is 2.57 bits per heavy atom. The van der Waals surface area contributed by atoms with Gasteiger partial charge in [-0.25, -0.2) is 4.79 Å². The molecule has 0 aliphatic heterocycles. The van der Waals surface area contributed by atoms with Crippen LogP contribution in [0.3, 0.4) is 0 Å². The summed E-state index contributed by atoms with van der Waals surface area (Å²) in [5, 5.41) is 5.88. The molecule has 1 aromatic carbocycles. The van der Waals surface area contributed by atoms with Gasteiger partial charge < -0.3 is 15.4 Å². The van der Waals surface area contributed by atoms with Gasteiger partial charge in [0.2, 0.25) is 0 Å². The van der Waals surface area contributed by atoms with Crippen molar-refractivity contribution < 1.29 is 14.3 Å². The van der Waals surface area contributed by atoms with Crippen molar-refractivity contribution in [1.82, 2.24) is 5.32 Å². The van der Waals surface area contributed by atoms with Crippen LogP contribution < -0.4 is 10.6 Å². The minimum Gasteiger partial charge on any atom is -0.466 e. The molecule has 0 radical (unpaired) electrons. The Morgan fingerprint density at radius 2 is 2.00 bits per heavy atom. The van der Waals surface area contributed by atoms with Gasteiger partial charge in [-0.3, -0.25) is 4.79 Å². The molecule has 0 fully saturated rings. The molecule has 2 N–H and O–H groups in total. The number of anilines is 1. The van der Waals surface area contributed by atoms with Crippen LogP contribution in [0.1, 0.15) is 26.3 Å². The van der Waals surface area contributed by atoms with Gasteiger partial charge in [0, 0.05) is 6.04 Å².